The van der Waals surface area contributed by atoms with Crippen molar-refractivity contribution < 1.29 is 34.1 Å². The average Bonchev–Trinajstić information content (AvgIpc) is 3.70. The Balaban J connectivity index is 1.39. The third-order valence-corrected chi connectivity index (χ3v) is 10.6. The van der Waals surface area contributed by atoms with Gasteiger partial charge in [-0.15, -0.1) is 0 Å². The lowest BCUT2D eigenvalue weighted by Gasteiger charge is -2.40. The van der Waals surface area contributed by atoms with Crippen LogP contribution in [0.4, 0.5) is 4.79 Å². The Morgan fingerprint density at radius 2 is 1.70 bits per heavy atom. The minimum atomic E-state index is -1.29. The summed E-state index contributed by atoms with van der Waals surface area (Å²) < 4.78 is 5.85. The number of amides is 4. The summed E-state index contributed by atoms with van der Waals surface area (Å²) in [4.78, 5) is 69.9. The zero-order valence-corrected chi connectivity index (χ0v) is 31.1. The second kappa shape index (κ2) is 20.1. The molecule has 0 bridgehead atoms. The van der Waals surface area contributed by atoms with E-state index < -0.39 is 54.2 Å². The lowest BCUT2D eigenvalue weighted by Crippen LogP contribution is -2.58. The van der Waals surface area contributed by atoms with Gasteiger partial charge in [0.1, 0.15) is 6.04 Å². The van der Waals surface area contributed by atoms with E-state index in [0.717, 1.165) is 43.4 Å². The standard InChI is InChI=1S/C40H55N7O7/c1-27(48)47(34(29-12-6-3-7-13-29)24-36(50)35(49)16-15-31-14-8-9-19-43-31)39(52)33(23-32-25-42-26-44-32)45-38(51)37(22-28-10-4-2-5-11-28)54-40(53)46-20-17-30(41)18-21-46/h2,4-5,8-11,14,19,25-26,29-30,33-37,49-50H,3,6-7,12-13,15-18,20-24,41H2,1H3,(H,42,44)(H,45,51)/t33-,34?,35-,36+,37-/m0/s1. The number of rotatable bonds is 16. The third kappa shape index (κ3) is 11.7. The molecule has 1 saturated carbocycles. The number of pyridine rings is 1. The highest BCUT2D eigenvalue weighted by atomic mass is 16.6. The molecule has 2 aromatic heterocycles. The van der Waals surface area contributed by atoms with Gasteiger partial charge in [0.05, 0.1) is 18.5 Å². The van der Waals surface area contributed by atoms with E-state index in [0.29, 0.717) is 38.0 Å². The predicted octanol–water partition coefficient (Wildman–Crippen LogP) is 3.07. The van der Waals surface area contributed by atoms with Gasteiger partial charge in [0.15, 0.2) is 6.10 Å². The number of aromatic nitrogens is 3. The Morgan fingerprint density at radius 3 is 2.35 bits per heavy atom. The van der Waals surface area contributed by atoms with Crippen molar-refractivity contribution in [2.24, 2.45) is 11.7 Å². The van der Waals surface area contributed by atoms with Crippen molar-refractivity contribution in [3.05, 3.63) is 84.2 Å². The molecule has 2 aliphatic rings. The minimum absolute atomic E-state index is 0.00987. The van der Waals surface area contributed by atoms with Gasteiger partial charge in [-0.05, 0) is 68.6 Å². The number of H-pyrrole nitrogens is 1. The van der Waals surface area contributed by atoms with Crippen molar-refractivity contribution >= 4 is 23.8 Å². The topological polar surface area (TPSA) is 204 Å². The number of ether oxygens (including phenoxy) is 1. The molecule has 292 valence electrons. The summed E-state index contributed by atoms with van der Waals surface area (Å²) in [6.45, 7) is 2.11. The average molecular weight is 746 g/mol. The molecule has 1 saturated heterocycles. The SMILES string of the molecule is CC(=O)N(C(=O)[C@H](Cc1cnc[nH]1)NC(=O)[C@H](Cc1ccccc1)OC(=O)N1CCC(N)CC1)C(C[C@@H](O)[C@@H](O)CCc1ccccn1)C1CCCCC1. The lowest BCUT2D eigenvalue weighted by molar-refractivity contribution is -0.152. The molecule has 0 radical (unpaired) electrons. The van der Waals surface area contributed by atoms with E-state index in [-0.39, 0.29) is 37.6 Å². The molecule has 1 aliphatic heterocycles. The zero-order valence-electron chi connectivity index (χ0n) is 31.1. The first kappa shape index (κ1) is 40.5. The Morgan fingerprint density at radius 1 is 0.981 bits per heavy atom. The van der Waals surface area contributed by atoms with Gasteiger partial charge in [-0.1, -0.05) is 55.7 Å². The molecule has 0 spiro atoms. The number of nitrogens with zero attached hydrogens (tertiary/aromatic N) is 4. The number of nitrogens with one attached hydrogen (secondary N) is 2. The molecule has 14 nitrogen and oxygen atoms in total. The smallest absolute Gasteiger partial charge is 0.410 e. The Bertz CT molecular complexity index is 1610. The van der Waals surface area contributed by atoms with Crippen LogP contribution in [0, 0.1) is 5.92 Å². The Kier molecular flexibility index (Phi) is 15.1. The van der Waals surface area contributed by atoms with Crippen LogP contribution >= 0.6 is 0 Å². The minimum Gasteiger partial charge on any atom is -0.436 e. The molecule has 5 rings (SSSR count). The van der Waals surface area contributed by atoms with Crippen molar-refractivity contribution in [1.82, 2.24) is 30.1 Å². The number of hydrogen-bond acceptors (Lipinski definition) is 10. The fraction of sp³-hybridized carbons (Fsp3) is 0.550. The number of benzene rings is 1. The van der Waals surface area contributed by atoms with Crippen LogP contribution in [0.25, 0.3) is 0 Å². The second-order valence-electron chi connectivity index (χ2n) is 14.7. The number of piperidine rings is 1. The number of carbonyl (C=O) groups excluding carboxylic acids is 4. The summed E-state index contributed by atoms with van der Waals surface area (Å²) in [6.07, 6.45) is 6.62. The summed E-state index contributed by atoms with van der Waals surface area (Å²) >= 11 is 0. The van der Waals surface area contributed by atoms with Crippen molar-refractivity contribution in [1.29, 1.82) is 0 Å². The maximum atomic E-state index is 14.7. The van der Waals surface area contributed by atoms with Gasteiger partial charge in [0, 0.05) is 68.7 Å². The quantitative estimate of drug-likeness (QED) is 0.145. The first-order chi connectivity index (χ1) is 26.1. The largest absolute Gasteiger partial charge is 0.436 e. The highest BCUT2D eigenvalue weighted by molar-refractivity contribution is 5.99. The van der Waals surface area contributed by atoms with Gasteiger partial charge >= 0.3 is 6.09 Å². The molecule has 14 heteroatoms. The number of imidazole rings is 1. The van der Waals surface area contributed by atoms with Crippen LogP contribution in [0.5, 0.6) is 0 Å². The van der Waals surface area contributed by atoms with Crippen molar-refractivity contribution in [2.45, 2.75) is 120 Å². The summed E-state index contributed by atoms with van der Waals surface area (Å²) in [5.74, 6) is -2.00. The summed E-state index contributed by atoms with van der Waals surface area (Å²) in [5.41, 5.74) is 8.11. The number of aromatic amines is 1. The van der Waals surface area contributed by atoms with Crippen LogP contribution in [-0.2, 0) is 38.4 Å². The number of aliphatic hydroxyl groups is 2. The number of nitrogens with two attached hydrogens (primary N) is 1. The van der Waals surface area contributed by atoms with E-state index in [4.69, 9.17) is 10.5 Å². The van der Waals surface area contributed by atoms with Crippen molar-refractivity contribution in [2.75, 3.05) is 13.1 Å². The molecule has 2 fully saturated rings. The van der Waals surface area contributed by atoms with Gasteiger partial charge in [-0.3, -0.25) is 24.3 Å². The molecule has 4 amide bonds. The zero-order chi connectivity index (χ0) is 38.5. The first-order valence-electron chi connectivity index (χ1n) is 19.2. The van der Waals surface area contributed by atoms with Gasteiger partial charge in [-0.25, -0.2) is 9.78 Å². The predicted molar refractivity (Wildman–Crippen MR) is 200 cm³/mol. The molecule has 1 aromatic carbocycles. The highest BCUT2D eigenvalue weighted by Crippen LogP contribution is 2.33. The molecule has 3 aromatic rings. The lowest BCUT2D eigenvalue weighted by atomic mass is 9.80. The number of hydrogen-bond donors (Lipinski definition) is 5. The Labute approximate surface area is 316 Å². The van der Waals surface area contributed by atoms with E-state index in [9.17, 15) is 29.4 Å². The molecule has 54 heavy (non-hydrogen) atoms. The van der Waals surface area contributed by atoms with Crippen LogP contribution in [0.3, 0.4) is 0 Å². The molecule has 1 unspecified atom stereocenters. The fourth-order valence-corrected chi connectivity index (χ4v) is 7.56. The van der Waals surface area contributed by atoms with Gasteiger partial charge in [0.25, 0.3) is 11.8 Å². The van der Waals surface area contributed by atoms with Crippen molar-refractivity contribution in [3.63, 3.8) is 0 Å². The maximum absolute atomic E-state index is 14.7. The number of carbonyl (C=O) groups is 4. The third-order valence-electron chi connectivity index (χ3n) is 10.6. The maximum Gasteiger partial charge on any atom is 0.410 e. The van der Waals surface area contributed by atoms with Crippen molar-refractivity contribution in [3.8, 4) is 0 Å². The molecule has 3 heterocycles. The van der Waals surface area contributed by atoms with Crippen LogP contribution in [-0.4, -0.2) is 108 Å². The molecule has 6 N–H and O–H groups in total. The van der Waals surface area contributed by atoms with E-state index in [1.165, 1.54) is 29.2 Å². The second-order valence-corrected chi connectivity index (χ2v) is 14.7. The van der Waals surface area contributed by atoms with Crippen LogP contribution in [0.2, 0.25) is 0 Å². The van der Waals surface area contributed by atoms with Gasteiger partial charge < -0.3 is 35.9 Å². The van der Waals surface area contributed by atoms with Crippen LogP contribution in [0.1, 0.15) is 81.7 Å². The monoisotopic (exact) mass is 745 g/mol. The molecule has 1 aliphatic carbocycles. The first-order valence-corrected chi connectivity index (χ1v) is 19.2. The summed E-state index contributed by atoms with van der Waals surface area (Å²) in [6, 6.07) is 12.6. The van der Waals surface area contributed by atoms with E-state index in [2.05, 4.69) is 20.3 Å². The summed E-state index contributed by atoms with van der Waals surface area (Å²) in [5, 5.41) is 25.3. The number of aliphatic hydroxyl groups excluding tert-OH is 2. The molecular weight excluding hydrogens is 690 g/mol. The molecule has 5 atom stereocenters. The van der Waals surface area contributed by atoms with Crippen LogP contribution in [0.15, 0.2) is 67.3 Å². The van der Waals surface area contributed by atoms with E-state index in [1.807, 2.05) is 42.5 Å². The van der Waals surface area contributed by atoms with E-state index >= 15 is 0 Å². The van der Waals surface area contributed by atoms with Crippen LogP contribution < -0.4 is 11.1 Å². The van der Waals surface area contributed by atoms with Gasteiger partial charge in [-0.2, -0.15) is 0 Å². The highest BCUT2D eigenvalue weighted by Gasteiger charge is 2.41. The summed E-state index contributed by atoms with van der Waals surface area (Å²) in [7, 11) is 0. The normalized spacial score (nSPS) is 18.2. The number of aryl methyl sites for hydroxylation is 1. The van der Waals surface area contributed by atoms with Gasteiger partial charge in [0.2, 0.25) is 5.91 Å². The van der Waals surface area contributed by atoms with E-state index in [1.54, 1.807) is 12.3 Å². The number of imide groups is 1. The molecular formula is C40H55N7O7. The number of likely N-dealkylation sites (tertiary alicyclic amines) is 1. The fourth-order valence-electron chi connectivity index (χ4n) is 7.56. The Hall–Kier alpha value is -4.66.